The number of hydrogen-bond donors (Lipinski definition) is 0. The summed E-state index contributed by atoms with van der Waals surface area (Å²) >= 11 is 0. The van der Waals surface area contributed by atoms with Crippen molar-refractivity contribution in [3.05, 3.63) is 54.6 Å². The van der Waals surface area contributed by atoms with Gasteiger partial charge in [-0.05, 0) is 37.1 Å². The topological polar surface area (TPSA) is 63.0 Å². The summed E-state index contributed by atoms with van der Waals surface area (Å²) in [7, 11) is 0. The van der Waals surface area contributed by atoms with Crippen LogP contribution in [0.25, 0.3) is 5.65 Å². The average molecular weight is 377 g/mol. The third kappa shape index (κ3) is 3.06. The maximum atomic E-state index is 13.0. The first kappa shape index (κ1) is 17.0. The lowest BCUT2D eigenvalue weighted by Gasteiger charge is -2.22. The highest BCUT2D eigenvalue weighted by molar-refractivity contribution is 5.93. The first-order valence-corrected chi connectivity index (χ1v) is 9.87. The van der Waals surface area contributed by atoms with Gasteiger partial charge in [0.2, 0.25) is 0 Å². The number of amides is 1. The molecule has 1 atom stereocenters. The summed E-state index contributed by atoms with van der Waals surface area (Å²) in [5, 5.41) is 0. The molecule has 7 heteroatoms. The van der Waals surface area contributed by atoms with E-state index >= 15 is 0 Å². The third-order valence-corrected chi connectivity index (χ3v) is 5.52. The minimum atomic E-state index is -0.0197. The lowest BCUT2D eigenvalue weighted by molar-refractivity contribution is 0.0765. The van der Waals surface area contributed by atoms with Gasteiger partial charge in [-0.1, -0.05) is 6.07 Å². The van der Waals surface area contributed by atoms with Crippen molar-refractivity contribution in [3.63, 3.8) is 0 Å². The van der Waals surface area contributed by atoms with Crippen LogP contribution in [0.15, 0.2) is 48.9 Å². The smallest absolute Gasteiger partial charge is 0.272 e. The first-order valence-electron chi connectivity index (χ1n) is 9.87. The number of anilines is 1. The quantitative estimate of drug-likeness (QED) is 0.699. The maximum absolute atomic E-state index is 13.0. The van der Waals surface area contributed by atoms with Crippen molar-refractivity contribution in [2.75, 3.05) is 31.1 Å². The van der Waals surface area contributed by atoms with Crippen LogP contribution in [0.1, 0.15) is 29.8 Å². The maximum Gasteiger partial charge on any atom is 0.272 e. The fourth-order valence-electron chi connectivity index (χ4n) is 4.08. The van der Waals surface area contributed by atoms with Crippen LogP contribution in [-0.4, -0.2) is 57.5 Å². The van der Waals surface area contributed by atoms with E-state index in [1.165, 1.54) is 12.8 Å². The van der Waals surface area contributed by atoms with Crippen LogP contribution in [0, 0.1) is 0 Å². The highest BCUT2D eigenvalue weighted by Gasteiger charge is 2.30. The van der Waals surface area contributed by atoms with Gasteiger partial charge in [-0.15, -0.1) is 0 Å². The lowest BCUT2D eigenvalue weighted by Crippen LogP contribution is -2.32. The molecule has 0 bridgehead atoms. The molecule has 2 aliphatic heterocycles. The third-order valence-electron chi connectivity index (χ3n) is 5.52. The van der Waals surface area contributed by atoms with Crippen molar-refractivity contribution in [1.82, 2.24) is 19.3 Å². The fourth-order valence-corrected chi connectivity index (χ4v) is 4.08. The Bertz CT molecular complexity index is 995. The van der Waals surface area contributed by atoms with Crippen LogP contribution < -0.4 is 9.64 Å². The van der Waals surface area contributed by atoms with Gasteiger partial charge in [0.1, 0.15) is 17.4 Å². The van der Waals surface area contributed by atoms with Crippen LogP contribution in [0.5, 0.6) is 5.75 Å². The molecule has 5 heterocycles. The number of pyridine rings is 2. The molecule has 0 N–H and O–H groups in total. The highest BCUT2D eigenvalue weighted by Crippen LogP contribution is 2.30. The minimum absolute atomic E-state index is 0.00393. The largest absolute Gasteiger partial charge is 0.485 e. The molecule has 144 valence electrons. The summed E-state index contributed by atoms with van der Waals surface area (Å²) in [5.74, 6) is 1.74. The molecule has 0 saturated carbocycles. The van der Waals surface area contributed by atoms with Crippen LogP contribution in [0.3, 0.4) is 0 Å². The van der Waals surface area contributed by atoms with Gasteiger partial charge >= 0.3 is 0 Å². The summed E-state index contributed by atoms with van der Waals surface area (Å²) in [4.78, 5) is 26.0. The predicted molar refractivity (Wildman–Crippen MR) is 106 cm³/mol. The molecule has 1 amide bonds. The fraction of sp³-hybridized carbons (Fsp3) is 0.381. The van der Waals surface area contributed by atoms with E-state index in [0.717, 1.165) is 36.7 Å². The Morgan fingerprint density at radius 2 is 1.96 bits per heavy atom. The second-order valence-electron chi connectivity index (χ2n) is 7.37. The average Bonchev–Trinajstić information content (AvgIpc) is 3.48. The second kappa shape index (κ2) is 7.14. The number of nitrogens with zero attached hydrogens (tertiary/aromatic N) is 5. The summed E-state index contributed by atoms with van der Waals surface area (Å²) in [6, 6.07) is 9.61. The first-order chi connectivity index (χ1) is 13.8. The van der Waals surface area contributed by atoms with Gasteiger partial charge in [0.05, 0.1) is 12.7 Å². The molecule has 2 aliphatic rings. The van der Waals surface area contributed by atoms with E-state index < -0.39 is 0 Å². The Kier molecular flexibility index (Phi) is 4.35. The summed E-state index contributed by atoms with van der Waals surface area (Å²) in [6.45, 7) is 3.31. The lowest BCUT2D eigenvalue weighted by atomic mass is 10.3. The van der Waals surface area contributed by atoms with E-state index in [-0.39, 0.29) is 12.0 Å². The van der Waals surface area contributed by atoms with Gasteiger partial charge in [-0.3, -0.25) is 9.20 Å². The number of ether oxygens (including phenoxy) is 1. The Morgan fingerprint density at radius 1 is 1.07 bits per heavy atom. The zero-order valence-electron chi connectivity index (χ0n) is 15.7. The predicted octanol–water partition coefficient (Wildman–Crippen LogP) is 2.62. The van der Waals surface area contributed by atoms with Crippen molar-refractivity contribution in [3.8, 4) is 5.75 Å². The molecule has 3 aromatic rings. The number of carbonyl (C=O) groups excluding carboxylic acids is 1. The Balaban J connectivity index is 1.30. The minimum Gasteiger partial charge on any atom is -0.485 e. The number of aromatic nitrogens is 3. The van der Waals surface area contributed by atoms with Gasteiger partial charge < -0.3 is 14.5 Å². The molecule has 2 fully saturated rings. The zero-order chi connectivity index (χ0) is 18.9. The molecule has 7 nitrogen and oxygen atoms in total. The summed E-state index contributed by atoms with van der Waals surface area (Å²) in [6.07, 6.45) is 8.53. The Morgan fingerprint density at radius 3 is 2.86 bits per heavy atom. The summed E-state index contributed by atoms with van der Waals surface area (Å²) < 4.78 is 8.12. The van der Waals surface area contributed by atoms with Crippen molar-refractivity contribution < 1.29 is 9.53 Å². The van der Waals surface area contributed by atoms with Crippen molar-refractivity contribution >= 4 is 17.4 Å². The molecule has 3 aromatic heterocycles. The Hall–Kier alpha value is -3.09. The van der Waals surface area contributed by atoms with Crippen molar-refractivity contribution in [2.45, 2.75) is 25.4 Å². The monoisotopic (exact) mass is 377 g/mol. The van der Waals surface area contributed by atoms with Gasteiger partial charge in [0.15, 0.2) is 11.6 Å². The number of hydrogen-bond acceptors (Lipinski definition) is 5. The molecule has 5 rings (SSSR count). The van der Waals surface area contributed by atoms with E-state index in [2.05, 4.69) is 14.9 Å². The molecule has 0 spiro atoms. The normalized spacial score (nSPS) is 19.5. The van der Waals surface area contributed by atoms with E-state index in [4.69, 9.17) is 4.74 Å². The number of imidazole rings is 1. The molecule has 0 radical (unpaired) electrons. The molecular formula is C21H23N5O2. The molecular weight excluding hydrogens is 354 g/mol. The standard InChI is InChI=1S/C21H23N5O2/c27-21(17-14-23-19-7-1-2-12-26(17)19)25-13-8-16(15-25)28-18-6-5-9-22-20(18)24-10-3-4-11-24/h1-2,5-7,9,12,14,16H,3-4,8,10-11,13,15H2/t16-/m1/s1. The van der Waals surface area contributed by atoms with Gasteiger partial charge in [0, 0.05) is 38.4 Å². The van der Waals surface area contributed by atoms with Crippen LogP contribution in [0.4, 0.5) is 5.82 Å². The number of carbonyl (C=O) groups is 1. The second-order valence-corrected chi connectivity index (χ2v) is 7.37. The zero-order valence-corrected chi connectivity index (χ0v) is 15.7. The Labute approximate surface area is 163 Å². The van der Waals surface area contributed by atoms with E-state index in [1.54, 1.807) is 6.20 Å². The molecule has 0 aliphatic carbocycles. The SMILES string of the molecule is O=C(c1cnc2ccccn12)N1CC[C@@H](Oc2cccnc2N2CCCC2)C1. The van der Waals surface area contributed by atoms with E-state index in [9.17, 15) is 4.79 Å². The summed E-state index contributed by atoms with van der Waals surface area (Å²) in [5.41, 5.74) is 1.37. The molecule has 2 saturated heterocycles. The van der Waals surface area contributed by atoms with Gasteiger partial charge in [-0.2, -0.15) is 0 Å². The van der Waals surface area contributed by atoms with Crippen LogP contribution in [-0.2, 0) is 0 Å². The van der Waals surface area contributed by atoms with Crippen molar-refractivity contribution in [2.24, 2.45) is 0 Å². The van der Waals surface area contributed by atoms with E-state index in [0.29, 0.717) is 18.8 Å². The number of likely N-dealkylation sites (tertiary alicyclic amines) is 1. The number of fused-ring (bicyclic) bond motifs is 1. The van der Waals surface area contributed by atoms with Crippen LogP contribution >= 0.6 is 0 Å². The molecule has 28 heavy (non-hydrogen) atoms. The van der Waals surface area contributed by atoms with E-state index in [1.807, 2.05) is 52.0 Å². The van der Waals surface area contributed by atoms with Gasteiger partial charge in [-0.25, -0.2) is 9.97 Å². The highest BCUT2D eigenvalue weighted by atomic mass is 16.5. The number of rotatable bonds is 4. The molecule has 0 unspecified atom stereocenters. The van der Waals surface area contributed by atoms with Crippen LogP contribution in [0.2, 0.25) is 0 Å². The van der Waals surface area contributed by atoms with Crippen molar-refractivity contribution in [1.29, 1.82) is 0 Å². The molecule has 0 aromatic carbocycles. The van der Waals surface area contributed by atoms with Gasteiger partial charge in [0.25, 0.3) is 5.91 Å².